The normalized spacial score (nSPS) is 13.2. The molecule has 3 nitrogen and oxygen atoms in total. The van der Waals surface area contributed by atoms with Crippen molar-refractivity contribution in [2.45, 2.75) is 0 Å². The highest BCUT2D eigenvalue weighted by molar-refractivity contribution is 8.02. The zero-order valence-corrected chi connectivity index (χ0v) is 6.98. The van der Waals surface area contributed by atoms with Gasteiger partial charge in [-0.2, -0.15) is 10.5 Å². The summed E-state index contributed by atoms with van der Waals surface area (Å²) in [7, 11) is 0. The lowest BCUT2D eigenvalue weighted by atomic mass is 10.3. The van der Waals surface area contributed by atoms with Crippen molar-refractivity contribution in [2.75, 3.05) is 19.3 Å². The lowest BCUT2D eigenvalue weighted by molar-refractivity contribution is 0.750. The van der Waals surface area contributed by atoms with Crippen molar-refractivity contribution >= 4 is 11.8 Å². The number of hydrogen-bond acceptors (Lipinski definition) is 4. The van der Waals surface area contributed by atoms with Crippen LogP contribution in [-0.4, -0.2) is 24.2 Å². The molecule has 1 saturated heterocycles. The Kier molecular flexibility index (Phi) is 2.40. The van der Waals surface area contributed by atoms with Crippen LogP contribution < -0.4 is 0 Å². The third-order valence-electron chi connectivity index (χ3n) is 1.37. The van der Waals surface area contributed by atoms with Crippen LogP contribution in [0, 0.1) is 22.7 Å². The Balaban J connectivity index is 2.88. The van der Waals surface area contributed by atoms with Crippen LogP contribution >= 0.6 is 11.8 Å². The summed E-state index contributed by atoms with van der Waals surface area (Å²) in [6.07, 6.45) is 1.88. The highest BCUT2D eigenvalue weighted by Gasteiger charge is 2.23. The fraction of sp³-hybridized carbons (Fsp3) is 0.429. The van der Waals surface area contributed by atoms with Gasteiger partial charge in [-0.05, 0) is 6.26 Å². The van der Waals surface area contributed by atoms with Crippen LogP contribution in [0.25, 0.3) is 0 Å². The fourth-order valence-corrected chi connectivity index (χ4v) is 1.50. The molecule has 1 aliphatic rings. The number of allylic oxidation sites excluding steroid dienone is 1. The van der Waals surface area contributed by atoms with Crippen molar-refractivity contribution in [3.05, 3.63) is 10.6 Å². The van der Waals surface area contributed by atoms with Crippen LogP contribution in [0.3, 0.4) is 0 Å². The van der Waals surface area contributed by atoms with Crippen LogP contribution in [0.1, 0.15) is 0 Å². The molecule has 4 heteroatoms. The van der Waals surface area contributed by atoms with Crippen LogP contribution in [0.2, 0.25) is 0 Å². The predicted octanol–water partition coefficient (Wildman–Crippen LogP) is 0.924. The third kappa shape index (κ3) is 1.66. The lowest BCUT2D eigenvalue weighted by Gasteiger charge is -2.02. The average molecular weight is 165 g/mol. The fourth-order valence-electron chi connectivity index (χ4n) is 0.763. The number of thioether (sulfide) groups is 1. The molecule has 0 spiro atoms. The van der Waals surface area contributed by atoms with Crippen molar-refractivity contribution in [2.24, 2.45) is 0 Å². The first-order valence-corrected chi connectivity index (χ1v) is 4.39. The van der Waals surface area contributed by atoms with E-state index < -0.39 is 0 Å². The molecule has 0 aromatic rings. The predicted molar refractivity (Wildman–Crippen MR) is 43.3 cm³/mol. The first-order valence-electron chi connectivity index (χ1n) is 3.17. The number of nitrogens with zero attached hydrogens (tertiary/aromatic N) is 3. The molecule has 0 aliphatic carbocycles. The van der Waals surface area contributed by atoms with E-state index >= 15 is 0 Å². The smallest absolute Gasteiger partial charge is 0.159 e. The van der Waals surface area contributed by atoms with E-state index in [1.165, 1.54) is 11.8 Å². The highest BCUT2D eigenvalue weighted by atomic mass is 32.2. The van der Waals surface area contributed by atoms with E-state index in [9.17, 15) is 0 Å². The molecule has 1 aliphatic heterocycles. The van der Waals surface area contributed by atoms with Gasteiger partial charge in [-0.25, -0.2) is 0 Å². The molecule has 0 N–H and O–H groups in total. The van der Waals surface area contributed by atoms with Crippen LogP contribution in [0.4, 0.5) is 0 Å². The maximum absolute atomic E-state index is 8.53. The first-order chi connectivity index (χ1) is 5.33. The van der Waals surface area contributed by atoms with Gasteiger partial charge in [0.1, 0.15) is 12.1 Å². The quantitative estimate of drug-likeness (QED) is 0.451. The minimum atomic E-state index is 0.231. The van der Waals surface area contributed by atoms with Crippen molar-refractivity contribution in [3.63, 3.8) is 0 Å². The average Bonchev–Trinajstić information content (AvgIpc) is 2.82. The summed E-state index contributed by atoms with van der Waals surface area (Å²) < 4.78 is 0. The van der Waals surface area contributed by atoms with Crippen molar-refractivity contribution in [1.82, 2.24) is 4.90 Å². The Morgan fingerprint density at radius 3 is 2.18 bits per heavy atom. The van der Waals surface area contributed by atoms with Gasteiger partial charge >= 0.3 is 0 Å². The molecule has 0 aromatic carbocycles. The summed E-state index contributed by atoms with van der Waals surface area (Å²) in [5, 5.41) is 17.9. The van der Waals surface area contributed by atoms with Gasteiger partial charge < -0.3 is 4.90 Å². The molecule has 0 atom stereocenters. The molecule has 11 heavy (non-hydrogen) atoms. The summed E-state index contributed by atoms with van der Waals surface area (Å²) >= 11 is 1.46. The lowest BCUT2D eigenvalue weighted by Crippen LogP contribution is -1.95. The van der Waals surface area contributed by atoms with E-state index in [1.54, 1.807) is 0 Å². The second-order valence-corrected chi connectivity index (χ2v) is 2.89. The molecule has 0 aromatic heterocycles. The van der Waals surface area contributed by atoms with E-state index in [-0.39, 0.29) is 5.57 Å². The molecule has 0 amide bonds. The molecule has 1 heterocycles. The van der Waals surface area contributed by atoms with Crippen molar-refractivity contribution < 1.29 is 0 Å². The SMILES string of the molecule is CSC(=C(C#N)C#N)N1CC1. The molecule has 56 valence electrons. The van der Waals surface area contributed by atoms with E-state index in [0.29, 0.717) is 0 Å². The maximum atomic E-state index is 8.53. The summed E-state index contributed by atoms with van der Waals surface area (Å²) in [5.74, 6) is 0. The molecular formula is C7H7N3S. The zero-order valence-electron chi connectivity index (χ0n) is 6.16. The molecule has 0 saturated carbocycles. The van der Waals surface area contributed by atoms with Gasteiger partial charge in [0.05, 0.1) is 5.03 Å². The van der Waals surface area contributed by atoms with Gasteiger partial charge in [0.25, 0.3) is 0 Å². The van der Waals surface area contributed by atoms with Crippen LogP contribution in [0.5, 0.6) is 0 Å². The van der Waals surface area contributed by atoms with Gasteiger partial charge in [-0.3, -0.25) is 0 Å². The number of nitriles is 2. The summed E-state index contributed by atoms with van der Waals surface area (Å²) in [6.45, 7) is 1.95. The van der Waals surface area contributed by atoms with Crippen molar-refractivity contribution in [1.29, 1.82) is 10.5 Å². The molecule has 0 bridgehead atoms. The molecule has 0 radical (unpaired) electrons. The Bertz CT molecular complexity index is 248. The van der Waals surface area contributed by atoms with Gasteiger partial charge in [-0.1, -0.05) is 0 Å². The first kappa shape index (κ1) is 7.97. The van der Waals surface area contributed by atoms with Crippen LogP contribution in [0.15, 0.2) is 10.6 Å². The molecule has 0 unspecified atom stereocenters. The Hall–Kier alpha value is -1.13. The van der Waals surface area contributed by atoms with E-state index in [2.05, 4.69) is 0 Å². The second kappa shape index (κ2) is 3.32. The van der Waals surface area contributed by atoms with E-state index in [1.807, 2.05) is 23.3 Å². The summed E-state index contributed by atoms with van der Waals surface area (Å²) in [4.78, 5) is 2.01. The van der Waals surface area contributed by atoms with Gasteiger partial charge in [0.2, 0.25) is 0 Å². The van der Waals surface area contributed by atoms with Gasteiger partial charge in [0.15, 0.2) is 5.57 Å². The van der Waals surface area contributed by atoms with E-state index in [4.69, 9.17) is 10.5 Å². The topological polar surface area (TPSA) is 50.6 Å². The maximum Gasteiger partial charge on any atom is 0.159 e. The van der Waals surface area contributed by atoms with Gasteiger partial charge in [0, 0.05) is 13.1 Å². The largest absolute Gasteiger partial charge is 0.361 e. The Labute approximate surface area is 69.9 Å². The third-order valence-corrected chi connectivity index (χ3v) is 2.21. The Morgan fingerprint density at radius 1 is 1.36 bits per heavy atom. The summed E-state index contributed by atoms with van der Waals surface area (Å²) in [6, 6.07) is 3.76. The molecular weight excluding hydrogens is 158 g/mol. The minimum absolute atomic E-state index is 0.231. The Morgan fingerprint density at radius 2 is 1.91 bits per heavy atom. The second-order valence-electron chi connectivity index (χ2n) is 2.09. The molecule has 1 rings (SSSR count). The number of rotatable bonds is 2. The standard InChI is InChI=1S/C7H7N3S/c1-11-7(10-2-3-10)6(4-8)5-9/h2-3H2,1H3. The van der Waals surface area contributed by atoms with Gasteiger partial charge in [-0.15, -0.1) is 11.8 Å². The van der Waals surface area contributed by atoms with Crippen molar-refractivity contribution in [3.8, 4) is 12.1 Å². The summed E-state index contributed by atoms with van der Waals surface area (Å²) in [5.41, 5.74) is 0.231. The minimum Gasteiger partial charge on any atom is -0.361 e. The zero-order chi connectivity index (χ0) is 8.27. The van der Waals surface area contributed by atoms with Crippen LogP contribution in [-0.2, 0) is 0 Å². The highest BCUT2D eigenvalue weighted by Crippen LogP contribution is 2.26. The molecule has 1 fully saturated rings. The monoisotopic (exact) mass is 165 g/mol. The van der Waals surface area contributed by atoms with E-state index in [0.717, 1.165) is 18.1 Å². The number of hydrogen-bond donors (Lipinski definition) is 0.